The molecule has 0 aliphatic rings. The lowest BCUT2D eigenvalue weighted by Gasteiger charge is -2.00. The first-order valence-corrected chi connectivity index (χ1v) is 5.86. The lowest BCUT2D eigenvalue weighted by molar-refractivity contribution is -0.384. The van der Waals surface area contributed by atoms with Crippen molar-refractivity contribution in [2.75, 3.05) is 0 Å². The molecule has 2 N–H and O–H groups in total. The number of non-ortho nitro benzene ring substituents is 1. The molecule has 0 unspecified atom stereocenters. The maximum absolute atomic E-state index is 10.7. The van der Waals surface area contributed by atoms with Crippen molar-refractivity contribution in [2.45, 2.75) is 20.3 Å². The Hall–Kier alpha value is -2.44. The van der Waals surface area contributed by atoms with Crippen LogP contribution in [-0.4, -0.2) is 25.2 Å². The van der Waals surface area contributed by atoms with Gasteiger partial charge in [0.2, 0.25) is 0 Å². The molecule has 0 atom stereocenters. The monoisotopic (exact) mass is 262 g/mol. The Bertz CT molecular complexity index is 607. The molecule has 0 saturated heterocycles. The predicted molar refractivity (Wildman–Crippen MR) is 68.7 cm³/mol. The summed E-state index contributed by atoms with van der Waals surface area (Å²) < 4.78 is 0. The van der Waals surface area contributed by atoms with Gasteiger partial charge in [-0.25, -0.2) is 4.98 Å². The molecule has 0 radical (unpaired) electrons. The molecule has 1 heterocycles. The summed E-state index contributed by atoms with van der Waals surface area (Å²) in [5, 5.41) is 27.2. The van der Waals surface area contributed by atoms with E-state index in [4.69, 9.17) is 0 Å². The van der Waals surface area contributed by atoms with Crippen molar-refractivity contribution in [3.8, 4) is 17.1 Å². The van der Waals surface area contributed by atoms with E-state index in [9.17, 15) is 15.2 Å². The number of aromatic nitrogens is 3. The number of aromatic amines is 1. The van der Waals surface area contributed by atoms with Gasteiger partial charge in [-0.3, -0.25) is 15.2 Å². The summed E-state index contributed by atoms with van der Waals surface area (Å²) in [6, 6.07) is 3.77. The second-order valence-corrected chi connectivity index (χ2v) is 4.66. The summed E-state index contributed by atoms with van der Waals surface area (Å²) in [5.74, 6) is 1.29. The van der Waals surface area contributed by atoms with Crippen LogP contribution in [0.2, 0.25) is 0 Å². The average molecular weight is 262 g/mol. The number of nitro groups is 1. The number of rotatable bonds is 4. The molecule has 0 aliphatic carbocycles. The molecule has 0 spiro atoms. The van der Waals surface area contributed by atoms with E-state index in [2.05, 4.69) is 15.2 Å². The summed E-state index contributed by atoms with van der Waals surface area (Å²) >= 11 is 0. The van der Waals surface area contributed by atoms with Crippen molar-refractivity contribution in [3.63, 3.8) is 0 Å². The number of nitrogens with one attached hydrogen (secondary N) is 1. The molecule has 7 nitrogen and oxygen atoms in total. The van der Waals surface area contributed by atoms with Gasteiger partial charge in [0.15, 0.2) is 5.82 Å². The lowest BCUT2D eigenvalue weighted by Crippen LogP contribution is -1.96. The van der Waals surface area contributed by atoms with Crippen LogP contribution in [0.3, 0.4) is 0 Å². The van der Waals surface area contributed by atoms with E-state index in [1.807, 2.05) is 13.8 Å². The third kappa shape index (κ3) is 2.87. The van der Waals surface area contributed by atoms with Gasteiger partial charge in [0, 0.05) is 18.6 Å². The number of hydrogen-bond acceptors (Lipinski definition) is 5. The summed E-state index contributed by atoms with van der Waals surface area (Å²) in [7, 11) is 0. The molecular weight excluding hydrogens is 248 g/mol. The van der Waals surface area contributed by atoms with Crippen LogP contribution in [0.1, 0.15) is 19.7 Å². The molecule has 0 fully saturated rings. The highest BCUT2D eigenvalue weighted by Crippen LogP contribution is 2.30. The zero-order chi connectivity index (χ0) is 14.0. The van der Waals surface area contributed by atoms with E-state index < -0.39 is 4.92 Å². The van der Waals surface area contributed by atoms with Gasteiger partial charge in [-0.05, 0) is 12.0 Å². The lowest BCUT2D eigenvalue weighted by atomic mass is 10.1. The molecule has 100 valence electrons. The molecule has 2 aromatic rings. The first-order valence-electron chi connectivity index (χ1n) is 5.86. The SMILES string of the molecule is CC(C)Cc1nc(-c2cc([N+](=O)[O-])ccc2O)n[nH]1. The van der Waals surface area contributed by atoms with Crippen LogP contribution in [0.5, 0.6) is 5.75 Å². The quantitative estimate of drug-likeness (QED) is 0.649. The zero-order valence-electron chi connectivity index (χ0n) is 10.6. The maximum atomic E-state index is 10.7. The third-order valence-corrected chi connectivity index (χ3v) is 2.57. The highest BCUT2D eigenvalue weighted by molar-refractivity contribution is 5.66. The van der Waals surface area contributed by atoms with Crippen LogP contribution < -0.4 is 0 Å². The Morgan fingerprint density at radius 1 is 1.47 bits per heavy atom. The topological polar surface area (TPSA) is 105 Å². The number of nitrogens with zero attached hydrogens (tertiary/aromatic N) is 3. The van der Waals surface area contributed by atoms with Crippen LogP contribution in [0.25, 0.3) is 11.4 Å². The zero-order valence-corrected chi connectivity index (χ0v) is 10.6. The summed E-state index contributed by atoms with van der Waals surface area (Å²) in [6.45, 7) is 4.10. The standard InChI is InChI=1S/C12H14N4O3/c1-7(2)5-11-13-12(15-14-11)9-6-8(16(18)19)3-4-10(9)17/h3-4,6-7,17H,5H2,1-2H3,(H,13,14,15). The van der Waals surface area contributed by atoms with Gasteiger partial charge in [-0.2, -0.15) is 5.10 Å². The molecule has 19 heavy (non-hydrogen) atoms. The fourth-order valence-corrected chi connectivity index (χ4v) is 1.71. The first kappa shape index (κ1) is 13.0. The van der Waals surface area contributed by atoms with Gasteiger partial charge in [0.25, 0.3) is 5.69 Å². The van der Waals surface area contributed by atoms with Crippen molar-refractivity contribution < 1.29 is 10.0 Å². The van der Waals surface area contributed by atoms with Crippen LogP contribution in [0, 0.1) is 16.0 Å². The van der Waals surface area contributed by atoms with Gasteiger partial charge < -0.3 is 5.11 Å². The maximum Gasteiger partial charge on any atom is 0.270 e. The summed E-state index contributed by atoms with van der Waals surface area (Å²) in [4.78, 5) is 14.4. The number of hydrogen-bond donors (Lipinski definition) is 2. The predicted octanol–water partition coefficient (Wildman–Crippen LogP) is 2.28. The minimum Gasteiger partial charge on any atom is -0.507 e. The Labute approximate surface area is 109 Å². The Morgan fingerprint density at radius 2 is 2.21 bits per heavy atom. The molecule has 2 rings (SSSR count). The van der Waals surface area contributed by atoms with Crippen molar-refractivity contribution in [2.24, 2.45) is 5.92 Å². The molecular formula is C12H14N4O3. The smallest absolute Gasteiger partial charge is 0.270 e. The van der Waals surface area contributed by atoms with Crippen LogP contribution >= 0.6 is 0 Å². The molecule has 0 amide bonds. The Morgan fingerprint density at radius 3 is 2.84 bits per heavy atom. The number of phenolic OH excluding ortho intramolecular Hbond substituents is 1. The van der Waals surface area contributed by atoms with E-state index in [-0.39, 0.29) is 22.8 Å². The second-order valence-electron chi connectivity index (χ2n) is 4.66. The van der Waals surface area contributed by atoms with Crippen LogP contribution in [0.15, 0.2) is 18.2 Å². The van der Waals surface area contributed by atoms with E-state index in [1.54, 1.807) is 0 Å². The summed E-state index contributed by atoms with van der Waals surface area (Å²) in [6.07, 6.45) is 0.725. The Balaban J connectivity index is 2.38. The molecule has 0 aliphatic heterocycles. The molecule has 0 bridgehead atoms. The van der Waals surface area contributed by atoms with Crippen LogP contribution in [0.4, 0.5) is 5.69 Å². The van der Waals surface area contributed by atoms with E-state index in [0.29, 0.717) is 11.7 Å². The number of H-pyrrole nitrogens is 1. The normalized spacial score (nSPS) is 10.9. The Kier molecular flexibility index (Phi) is 3.46. The third-order valence-electron chi connectivity index (χ3n) is 2.57. The average Bonchev–Trinajstić information content (AvgIpc) is 2.76. The van der Waals surface area contributed by atoms with Crippen molar-refractivity contribution in [1.82, 2.24) is 15.2 Å². The van der Waals surface area contributed by atoms with Gasteiger partial charge in [-0.15, -0.1) is 0 Å². The highest BCUT2D eigenvalue weighted by atomic mass is 16.6. The minimum atomic E-state index is -0.523. The number of nitro benzene ring substituents is 1. The molecule has 1 aromatic carbocycles. The largest absolute Gasteiger partial charge is 0.507 e. The fraction of sp³-hybridized carbons (Fsp3) is 0.333. The van der Waals surface area contributed by atoms with Gasteiger partial charge in [-0.1, -0.05) is 13.8 Å². The van der Waals surface area contributed by atoms with Crippen molar-refractivity contribution in [1.29, 1.82) is 0 Å². The molecule has 7 heteroatoms. The second kappa shape index (κ2) is 5.05. The van der Waals surface area contributed by atoms with Gasteiger partial charge in [0.1, 0.15) is 11.6 Å². The van der Waals surface area contributed by atoms with Crippen molar-refractivity contribution >= 4 is 5.69 Å². The minimum absolute atomic E-state index is 0.0827. The highest BCUT2D eigenvalue weighted by Gasteiger charge is 2.15. The summed E-state index contributed by atoms with van der Waals surface area (Å²) in [5.41, 5.74) is 0.142. The number of aromatic hydroxyl groups is 1. The van der Waals surface area contributed by atoms with Crippen molar-refractivity contribution in [3.05, 3.63) is 34.1 Å². The number of benzene rings is 1. The molecule has 0 saturated carbocycles. The molecule has 1 aromatic heterocycles. The van der Waals surface area contributed by atoms with Crippen LogP contribution in [-0.2, 0) is 6.42 Å². The first-order chi connectivity index (χ1) is 8.97. The fourth-order valence-electron chi connectivity index (χ4n) is 1.71. The van der Waals surface area contributed by atoms with E-state index in [0.717, 1.165) is 6.42 Å². The number of phenols is 1. The van der Waals surface area contributed by atoms with Gasteiger partial charge >= 0.3 is 0 Å². The van der Waals surface area contributed by atoms with E-state index in [1.165, 1.54) is 18.2 Å². The van der Waals surface area contributed by atoms with E-state index >= 15 is 0 Å². The van der Waals surface area contributed by atoms with Gasteiger partial charge in [0.05, 0.1) is 10.5 Å².